The van der Waals surface area contributed by atoms with E-state index in [2.05, 4.69) is 0 Å². The van der Waals surface area contributed by atoms with E-state index in [0.29, 0.717) is 5.56 Å². The van der Waals surface area contributed by atoms with Crippen LogP contribution in [0.1, 0.15) is 5.56 Å². The Hall–Kier alpha value is -1.87. The van der Waals surface area contributed by atoms with Crippen molar-refractivity contribution in [1.29, 1.82) is 0 Å². The lowest BCUT2D eigenvalue weighted by Gasteiger charge is -2.22. The Morgan fingerprint density at radius 1 is 1.23 bits per heavy atom. The van der Waals surface area contributed by atoms with E-state index in [9.17, 15) is 27.2 Å². The van der Waals surface area contributed by atoms with Crippen molar-refractivity contribution in [3.63, 3.8) is 0 Å². The van der Waals surface area contributed by atoms with Gasteiger partial charge in [-0.3, -0.25) is 14.5 Å². The van der Waals surface area contributed by atoms with Gasteiger partial charge in [0, 0.05) is 26.7 Å². The Bertz CT molecular complexity index is 639. The number of likely N-dealkylation sites (N-methyl/N-ethyl adjacent to an activating group) is 1. The first-order valence-corrected chi connectivity index (χ1v) is 7.58. The van der Waals surface area contributed by atoms with Crippen LogP contribution in [0.25, 0.3) is 0 Å². The zero-order valence-corrected chi connectivity index (χ0v) is 14.7. The Labute approximate surface area is 154 Å². The van der Waals surface area contributed by atoms with Crippen LogP contribution < -0.4 is 0 Å². The normalized spacial score (nSPS) is 20.5. The topological polar surface area (TPSA) is 60.9 Å². The van der Waals surface area contributed by atoms with Gasteiger partial charge in [0.2, 0.25) is 5.91 Å². The predicted molar refractivity (Wildman–Crippen MR) is 87.2 cm³/mol. The lowest BCUT2D eigenvalue weighted by atomic mass is 9.96. The summed E-state index contributed by atoms with van der Waals surface area (Å²) in [6.45, 7) is -0.960. The van der Waals surface area contributed by atoms with Gasteiger partial charge in [-0.1, -0.05) is 12.1 Å². The minimum Gasteiger partial charge on any atom is -0.481 e. The van der Waals surface area contributed by atoms with Crippen molar-refractivity contribution in [3.05, 3.63) is 35.6 Å². The number of hydrogen-bond acceptors (Lipinski definition) is 3. The molecule has 1 aromatic rings. The summed E-state index contributed by atoms with van der Waals surface area (Å²) in [5.41, 5.74) is 0.676. The van der Waals surface area contributed by atoms with Gasteiger partial charge in [0.15, 0.2) is 0 Å². The first-order valence-electron chi connectivity index (χ1n) is 7.58. The van der Waals surface area contributed by atoms with Gasteiger partial charge in [-0.2, -0.15) is 13.2 Å². The first-order chi connectivity index (χ1) is 11.6. The highest BCUT2D eigenvalue weighted by molar-refractivity contribution is 5.85. The van der Waals surface area contributed by atoms with Crippen molar-refractivity contribution in [2.75, 3.05) is 26.7 Å². The number of likely N-dealkylation sites (tertiary alicyclic amines) is 1. The average molecular weight is 399 g/mol. The number of amides is 1. The number of rotatable bonds is 5. The van der Waals surface area contributed by atoms with Crippen molar-refractivity contribution in [2.24, 2.45) is 11.8 Å². The van der Waals surface area contributed by atoms with Crippen LogP contribution in [0, 0.1) is 17.7 Å². The van der Waals surface area contributed by atoms with Gasteiger partial charge in [0.25, 0.3) is 0 Å². The molecule has 0 unspecified atom stereocenters. The molecule has 2 atom stereocenters. The summed E-state index contributed by atoms with van der Waals surface area (Å²) in [5, 5.41) is 8.97. The number of aliphatic carboxylic acids is 1. The maximum Gasteiger partial charge on any atom is 0.393 e. The molecule has 1 N–H and O–H groups in total. The van der Waals surface area contributed by atoms with Gasteiger partial charge in [0.1, 0.15) is 5.82 Å². The minimum atomic E-state index is -4.62. The van der Waals surface area contributed by atoms with Crippen LogP contribution in [0.3, 0.4) is 0 Å². The zero-order chi connectivity index (χ0) is 18.8. The van der Waals surface area contributed by atoms with E-state index in [1.165, 1.54) is 41.1 Å². The summed E-state index contributed by atoms with van der Waals surface area (Å²) in [5.74, 6) is -5.92. The van der Waals surface area contributed by atoms with Crippen LogP contribution in [-0.4, -0.2) is 59.6 Å². The molecule has 1 fully saturated rings. The molecule has 1 aromatic carbocycles. The van der Waals surface area contributed by atoms with E-state index < -0.39 is 42.3 Å². The lowest BCUT2D eigenvalue weighted by molar-refractivity contribution is -0.188. The number of benzene rings is 1. The van der Waals surface area contributed by atoms with E-state index in [0.717, 1.165) is 0 Å². The third-order valence-electron chi connectivity index (χ3n) is 4.25. The number of nitrogens with zero attached hydrogens (tertiary/aromatic N) is 2. The van der Waals surface area contributed by atoms with Crippen LogP contribution in [0.4, 0.5) is 17.6 Å². The number of halogens is 5. The number of hydrogen-bond donors (Lipinski definition) is 1. The summed E-state index contributed by atoms with van der Waals surface area (Å²) in [7, 11) is 1.48. The van der Waals surface area contributed by atoms with E-state index in [1.807, 2.05) is 0 Å². The number of carbonyl (C=O) groups excluding carboxylic acids is 1. The van der Waals surface area contributed by atoms with Crippen molar-refractivity contribution < 1.29 is 32.3 Å². The quantitative estimate of drug-likeness (QED) is 0.774. The summed E-state index contributed by atoms with van der Waals surface area (Å²) < 4.78 is 51.7. The van der Waals surface area contributed by atoms with Crippen LogP contribution in [0.15, 0.2) is 24.3 Å². The molecule has 1 amide bonds. The van der Waals surface area contributed by atoms with Gasteiger partial charge in [0.05, 0.1) is 18.4 Å². The molecule has 1 saturated heterocycles. The average Bonchev–Trinajstić information content (AvgIpc) is 2.94. The van der Waals surface area contributed by atoms with Crippen molar-refractivity contribution >= 4 is 24.3 Å². The third kappa shape index (κ3) is 5.57. The van der Waals surface area contributed by atoms with Gasteiger partial charge in [-0.15, -0.1) is 12.4 Å². The summed E-state index contributed by atoms with van der Waals surface area (Å²) >= 11 is 0. The van der Waals surface area contributed by atoms with Crippen molar-refractivity contribution in [2.45, 2.75) is 12.7 Å². The van der Waals surface area contributed by atoms with E-state index in [-0.39, 0.29) is 32.0 Å². The highest BCUT2D eigenvalue weighted by Gasteiger charge is 2.52. The molecule has 0 bridgehead atoms. The van der Waals surface area contributed by atoms with Crippen LogP contribution >= 0.6 is 12.4 Å². The van der Waals surface area contributed by atoms with Crippen LogP contribution in [0.2, 0.25) is 0 Å². The fourth-order valence-electron chi connectivity index (χ4n) is 2.86. The maximum absolute atomic E-state index is 12.9. The first kappa shape index (κ1) is 22.2. The smallest absolute Gasteiger partial charge is 0.393 e. The molecular formula is C16H19ClF4N2O3. The highest BCUT2D eigenvalue weighted by Crippen LogP contribution is 2.37. The molecule has 2 rings (SSSR count). The van der Waals surface area contributed by atoms with E-state index in [4.69, 9.17) is 5.11 Å². The van der Waals surface area contributed by atoms with Gasteiger partial charge < -0.3 is 10.0 Å². The molecule has 26 heavy (non-hydrogen) atoms. The second-order valence-corrected chi connectivity index (χ2v) is 6.16. The maximum atomic E-state index is 12.9. The molecule has 10 heteroatoms. The summed E-state index contributed by atoms with van der Waals surface area (Å²) in [4.78, 5) is 25.7. The Morgan fingerprint density at radius 3 is 2.27 bits per heavy atom. The summed E-state index contributed by atoms with van der Waals surface area (Å²) in [6.07, 6.45) is -4.62. The molecule has 0 radical (unpaired) electrons. The van der Waals surface area contributed by atoms with Crippen LogP contribution in [0.5, 0.6) is 0 Å². The molecule has 0 aromatic heterocycles. The third-order valence-corrected chi connectivity index (χ3v) is 4.25. The zero-order valence-electron chi connectivity index (χ0n) is 13.9. The summed E-state index contributed by atoms with van der Waals surface area (Å²) in [6, 6.07) is 5.52. The molecule has 5 nitrogen and oxygen atoms in total. The molecule has 0 aliphatic carbocycles. The number of alkyl halides is 3. The Morgan fingerprint density at radius 2 is 1.81 bits per heavy atom. The fraction of sp³-hybridized carbons (Fsp3) is 0.500. The fourth-order valence-corrected chi connectivity index (χ4v) is 2.86. The molecule has 0 spiro atoms. The largest absolute Gasteiger partial charge is 0.481 e. The number of carboxylic acids is 1. The van der Waals surface area contributed by atoms with E-state index in [1.54, 1.807) is 0 Å². The molecule has 1 aliphatic heterocycles. The molecule has 1 heterocycles. The van der Waals surface area contributed by atoms with Crippen molar-refractivity contribution in [3.8, 4) is 0 Å². The Balaban J connectivity index is 0.00000338. The minimum absolute atomic E-state index is 0. The standard InChI is InChI=1S/C16H18F4N2O3.ClH/c1-21(6-10-2-4-11(17)5-3-10)14(23)9-22-7-12(15(24)25)13(8-22)16(18,19)20;/h2-5,12-13H,6-9H2,1H3,(H,24,25);1H/t12-,13-;/m1./s1. The molecule has 146 valence electrons. The van der Waals surface area contributed by atoms with Crippen LogP contribution in [-0.2, 0) is 16.1 Å². The predicted octanol–water partition coefficient (Wildman–Crippen LogP) is 2.40. The molecule has 0 saturated carbocycles. The molecule has 1 aliphatic rings. The molecular weight excluding hydrogens is 380 g/mol. The van der Waals surface area contributed by atoms with E-state index >= 15 is 0 Å². The van der Waals surface area contributed by atoms with Crippen molar-refractivity contribution in [1.82, 2.24) is 9.80 Å². The second kappa shape index (κ2) is 8.68. The second-order valence-electron chi connectivity index (χ2n) is 6.16. The number of carbonyl (C=O) groups is 2. The Kier molecular flexibility index (Phi) is 7.40. The SMILES string of the molecule is CN(Cc1ccc(F)cc1)C(=O)CN1C[C@@H](C(F)(F)F)[C@H](C(=O)O)C1.Cl. The lowest BCUT2D eigenvalue weighted by Crippen LogP contribution is -2.38. The van der Waals surface area contributed by atoms with Gasteiger partial charge >= 0.3 is 12.1 Å². The number of carboxylic acid groups (broad SMARTS) is 1. The monoisotopic (exact) mass is 398 g/mol. The highest BCUT2D eigenvalue weighted by atomic mass is 35.5. The van der Waals surface area contributed by atoms with Gasteiger partial charge in [-0.25, -0.2) is 4.39 Å². The van der Waals surface area contributed by atoms with Gasteiger partial charge in [-0.05, 0) is 17.7 Å².